The highest BCUT2D eigenvalue weighted by atomic mass is 32.2. The first-order valence-electron chi connectivity index (χ1n) is 12.8. The quantitative estimate of drug-likeness (QED) is 0.612. The summed E-state index contributed by atoms with van der Waals surface area (Å²) in [4.78, 5) is 18.7. The Hall–Kier alpha value is -2.99. The molecule has 194 valence electrons. The Morgan fingerprint density at radius 1 is 1.03 bits per heavy atom. The number of anilines is 1. The predicted molar refractivity (Wildman–Crippen MR) is 145 cm³/mol. The lowest BCUT2D eigenvalue weighted by Crippen LogP contribution is -2.49. The summed E-state index contributed by atoms with van der Waals surface area (Å²) in [6.07, 6.45) is 0.610. The van der Waals surface area contributed by atoms with Crippen LogP contribution in [0.4, 0.5) is 5.69 Å². The summed E-state index contributed by atoms with van der Waals surface area (Å²) in [5.41, 5.74) is 5.60. The molecule has 0 N–H and O–H groups in total. The summed E-state index contributed by atoms with van der Waals surface area (Å²) in [6.45, 7) is 11.7. The van der Waals surface area contributed by atoms with E-state index in [1.165, 1.54) is 18.4 Å². The summed E-state index contributed by atoms with van der Waals surface area (Å²) in [5, 5.41) is 9.38. The molecule has 8 heteroatoms. The van der Waals surface area contributed by atoms with E-state index < -0.39 is 15.4 Å². The Labute approximate surface area is 220 Å². The molecule has 7 nitrogen and oxygen atoms in total. The first-order chi connectivity index (χ1) is 17.4. The number of sulfonamides is 1. The van der Waals surface area contributed by atoms with Gasteiger partial charge in [-0.3, -0.25) is 9.69 Å². The van der Waals surface area contributed by atoms with Gasteiger partial charge in [-0.05, 0) is 66.8 Å². The van der Waals surface area contributed by atoms with Crippen molar-refractivity contribution in [3.05, 3.63) is 63.7 Å². The molecule has 1 aliphatic heterocycles. The molecule has 2 aromatic carbocycles. The molecule has 5 rings (SSSR count). The van der Waals surface area contributed by atoms with Crippen molar-refractivity contribution in [2.24, 2.45) is 0 Å². The van der Waals surface area contributed by atoms with Crippen molar-refractivity contribution in [3.8, 4) is 6.07 Å². The molecule has 2 aliphatic carbocycles. The van der Waals surface area contributed by atoms with Crippen molar-refractivity contribution in [3.63, 3.8) is 0 Å². The van der Waals surface area contributed by atoms with E-state index in [1.807, 2.05) is 18.2 Å². The second-order valence-corrected chi connectivity index (χ2v) is 13.4. The third kappa shape index (κ3) is 3.92. The Morgan fingerprint density at radius 2 is 1.70 bits per heavy atom. The van der Waals surface area contributed by atoms with Crippen molar-refractivity contribution >= 4 is 27.1 Å². The van der Waals surface area contributed by atoms with Gasteiger partial charge in [0.05, 0.1) is 17.3 Å². The highest BCUT2D eigenvalue weighted by Crippen LogP contribution is 2.51. The average Bonchev–Trinajstić information content (AvgIpc) is 3.26. The van der Waals surface area contributed by atoms with Crippen molar-refractivity contribution in [2.45, 2.75) is 50.5 Å². The van der Waals surface area contributed by atoms with Crippen molar-refractivity contribution in [1.29, 1.82) is 5.26 Å². The zero-order valence-electron chi connectivity index (χ0n) is 22.4. The molecular weight excluding hydrogens is 484 g/mol. The number of piperazine rings is 1. The number of allylic oxidation sites excluding steroid dienone is 2. The maximum Gasteiger partial charge on any atom is 0.244 e. The fourth-order valence-electron chi connectivity index (χ4n) is 5.99. The minimum absolute atomic E-state index is 0.140. The Balaban J connectivity index is 1.67. The molecule has 0 atom stereocenters. The van der Waals surface area contributed by atoms with E-state index in [0.717, 1.165) is 48.4 Å². The van der Waals surface area contributed by atoms with Gasteiger partial charge in [0.25, 0.3) is 0 Å². The van der Waals surface area contributed by atoms with E-state index in [9.17, 15) is 18.5 Å². The third-order valence-corrected chi connectivity index (χ3v) is 10.2. The number of benzene rings is 2. The SMILES string of the molecule is CC(C)N1CCN(c2cc3c(cc2S(=O)(=O)N(C)C)C(=O)C2=C(Cc4cc(C#N)ccc42)C3(C)C)CC1. The van der Waals surface area contributed by atoms with Crippen LogP contribution >= 0.6 is 0 Å². The van der Waals surface area contributed by atoms with Crippen molar-refractivity contribution in [1.82, 2.24) is 9.21 Å². The van der Waals surface area contributed by atoms with Crippen LogP contribution in [0.2, 0.25) is 0 Å². The average molecular weight is 519 g/mol. The standard InChI is InChI=1S/C29H34N4O3S/c1-18(2)32-9-11-33(12-10-32)25-16-23-22(15-26(25)37(35,36)31(5)6)28(34)27-21-8-7-19(17-30)13-20(21)14-24(27)29(23,3)4/h7-8,13,15-16,18H,9-12,14H2,1-6H3. The lowest BCUT2D eigenvalue weighted by atomic mass is 9.68. The Kier molecular flexibility index (Phi) is 6.10. The second kappa shape index (κ2) is 8.80. The molecule has 0 spiro atoms. The normalized spacial score (nSPS) is 19.2. The van der Waals surface area contributed by atoms with E-state index in [2.05, 4.69) is 43.6 Å². The molecule has 1 heterocycles. The van der Waals surface area contributed by atoms with E-state index in [-0.39, 0.29) is 10.7 Å². The summed E-state index contributed by atoms with van der Waals surface area (Å²) < 4.78 is 28.3. The second-order valence-electron chi connectivity index (χ2n) is 11.2. The van der Waals surface area contributed by atoms with Crippen LogP contribution in [-0.2, 0) is 21.9 Å². The Morgan fingerprint density at radius 3 is 2.30 bits per heavy atom. The van der Waals surface area contributed by atoms with E-state index in [4.69, 9.17) is 0 Å². The van der Waals surface area contributed by atoms with Crippen molar-refractivity contribution in [2.75, 3.05) is 45.2 Å². The zero-order chi connectivity index (χ0) is 26.9. The van der Waals surface area contributed by atoms with Crippen LogP contribution in [0.15, 0.2) is 40.8 Å². The lowest BCUT2D eigenvalue weighted by Gasteiger charge is -2.40. The number of ketones is 1. The molecule has 1 saturated heterocycles. The number of fused-ring (bicyclic) bond motifs is 3. The summed E-state index contributed by atoms with van der Waals surface area (Å²) in [5.74, 6) is -0.140. The number of hydrogen-bond donors (Lipinski definition) is 0. The van der Waals surface area contributed by atoms with Crippen LogP contribution in [0.1, 0.15) is 60.3 Å². The van der Waals surface area contributed by atoms with E-state index in [1.54, 1.807) is 12.1 Å². The molecule has 0 aromatic heterocycles. The first kappa shape index (κ1) is 25.7. The maximum atomic E-state index is 14.0. The third-order valence-electron chi connectivity index (χ3n) is 8.32. The molecule has 2 aromatic rings. The van der Waals surface area contributed by atoms with Crippen LogP contribution in [0.3, 0.4) is 0 Å². The lowest BCUT2D eigenvalue weighted by molar-refractivity contribution is 0.105. The van der Waals surface area contributed by atoms with Crippen LogP contribution in [0.5, 0.6) is 0 Å². The Bertz CT molecular complexity index is 1490. The van der Waals surface area contributed by atoms with Gasteiger partial charge in [0.2, 0.25) is 10.0 Å². The minimum atomic E-state index is -3.80. The molecule has 37 heavy (non-hydrogen) atoms. The van der Waals surface area contributed by atoms with Crippen LogP contribution in [0, 0.1) is 11.3 Å². The van der Waals surface area contributed by atoms with Gasteiger partial charge < -0.3 is 4.90 Å². The van der Waals surface area contributed by atoms with Gasteiger partial charge in [0.15, 0.2) is 5.78 Å². The minimum Gasteiger partial charge on any atom is -0.368 e. The molecule has 1 fully saturated rings. The number of rotatable bonds is 4. The highest BCUT2D eigenvalue weighted by Gasteiger charge is 2.44. The van der Waals surface area contributed by atoms with Gasteiger partial charge >= 0.3 is 0 Å². The van der Waals surface area contributed by atoms with Crippen LogP contribution in [-0.4, -0.2) is 69.7 Å². The monoisotopic (exact) mass is 518 g/mol. The number of nitriles is 1. The zero-order valence-corrected chi connectivity index (χ0v) is 23.2. The summed E-state index contributed by atoms with van der Waals surface area (Å²) in [6, 6.07) is 11.7. The van der Waals surface area contributed by atoms with E-state index in [0.29, 0.717) is 34.9 Å². The molecule has 0 saturated carbocycles. The number of Topliss-reactive ketones (excluding diaryl/α,β-unsaturated/α-hetero) is 1. The molecule has 0 amide bonds. The number of carbonyl (C=O) groups is 1. The van der Waals surface area contributed by atoms with E-state index >= 15 is 0 Å². The van der Waals surface area contributed by atoms with Gasteiger partial charge in [-0.2, -0.15) is 5.26 Å². The maximum absolute atomic E-state index is 14.0. The van der Waals surface area contributed by atoms with Crippen LogP contribution < -0.4 is 4.90 Å². The first-order valence-corrected chi connectivity index (χ1v) is 14.2. The molecule has 0 unspecified atom stereocenters. The van der Waals surface area contributed by atoms with Gasteiger partial charge in [-0.1, -0.05) is 19.9 Å². The smallest absolute Gasteiger partial charge is 0.244 e. The fraction of sp³-hybridized carbons (Fsp3) is 0.448. The largest absolute Gasteiger partial charge is 0.368 e. The van der Waals surface area contributed by atoms with Crippen LogP contribution in [0.25, 0.3) is 5.57 Å². The fourth-order valence-corrected chi connectivity index (χ4v) is 7.10. The molecule has 3 aliphatic rings. The highest BCUT2D eigenvalue weighted by molar-refractivity contribution is 7.89. The molecule has 0 radical (unpaired) electrons. The van der Waals surface area contributed by atoms with Gasteiger partial charge in [0.1, 0.15) is 4.90 Å². The summed E-state index contributed by atoms with van der Waals surface area (Å²) in [7, 11) is -0.740. The number of hydrogen-bond acceptors (Lipinski definition) is 6. The molecule has 0 bridgehead atoms. The number of nitrogens with zero attached hydrogens (tertiary/aromatic N) is 4. The molecular formula is C29H34N4O3S. The van der Waals surface area contributed by atoms with Gasteiger partial charge in [-0.25, -0.2) is 12.7 Å². The topological polar surface area (TPSA) is 84.7 Å². The predicted octanol–water partition coefficient (Wildman–Crippen LogP) is 3.82. The van der Waals surface area contributed by atoms with Crippen molar-refractivity contribution < 1.29 is 13.2 Å². The summed E-state index contributed by atoms with van der Waals surface area (Å²) >= 11 is 0. The van der Waals surface area contributed by atoms with Gasteiger partial charge in [-0.15, -0.1) is 0 Å². The van der Waals surface area contributed by atoms with Gasteiger partial charge in [0, 0.05) is 62.9 Å². The number of carbonyl (C=O) groups excluding carboxylic acids is 1.